The van der Waals surface area contributed by atoms with E-state index in [9.17, 15) is 9.59 Å². The lowest BCUT2D eigenvalue weighted by molar-refractivity contribution is -0.114. The van der Waals surface area contributed by atoms with Crippen molar-refractivity contribution in [3.63, 3.8) is 0 Å². The first kappa shape index (κ1) is 10.8. The van der Waals surface area contributed by atoms with Gasteiger partial charge in [-0.2, -0.15) is 0 Å². The molecule has 0 aliphatic heterocycles. The Hall–Kier alpha value is -2.24. The van der Waals surface area contributed by atoms with E-state index in [1.165, 1.54) is 19.1 Å². The lowest BCUT2D eigenvalue weighted by atomic mass is 10.2. The number of hydrogen-bond donors (Lipinski definition) is 3. The van der Waals surface area contributed by atoms with E-state index in [-0.39, 0.29) is 17.3 Å². The van der Waals surface area contributed by atoms with Gasteiger partial charge in [-0.15, -0.1) is 0 Å². The van der Waals surface area contributed by atoms with Crippen LogP contribution < -0.4 is 15.8 Å². The Morgan fingerprint density at radius 3 is 2.67 bits per heavy atom. The fourth-order valence-corrected chi connectivity index (χ4v) is 0.998. The fourth-order valence-electron chi connectivity index (χ4n) is 0.998. The smallest absolute Gasteiger partial charge is 0.449 e. The molecule has 0 bridgehead atoms. The third kappa shape index (κ3) is 3.18. The number of hydrogen-bond acceptors (Lipinski definition) is 4. The predicted octanol–water partition coefficient (Wildman–Crippen LogP) is 1.28. The van der Waals surface area contributed by atoms with E-state index in [0.717, 1.165) is 0 Å². The van der Waals surface area contributed by atoms with Crippen molar-refractivity contribution in [2.45, 2.75) is 6.92 Å². The van der Waals surface area contributed by atoms with Crippen molar-refractivity contribution in [1.29, 1.82) is 0 Å². The minimum absolute atomic E-state index is 0.00579. The minimum atomic E-state index is -1.46. The Morgan fingerprint density at radius 2 is 2.13 bits per heavy atom. The van der Waals surface area contributed by atoms with Gasteiger partial charge >= 0.3 is 6.16 Å². The maximum absolute atomic E-state index is 10.7. The normalized spacial score (nSPS) is 9.40. The van der Waals surface area contributed by atoms with Gasteiger partial charge in [-0.3, -0.25) is 4.79 Å². The quantitative estimate of drug-likeness (QED) is 0.387. The van der Waals surface area contributed by atoms with Crippen LogP contribution in [-0.4, -0.2) is 17.2 Å². The summed E-state index contributed by atoms with van der Waals surface area (Å²) < 4.78 is 4.41. The molecule has 0 saturated carbocycles. The van der Waals surface area contributed by atoms with Crippen LogP contribution in [0.2, 0.25) is 0 Å². The van der Waals surface area contributed by atoms with Gasteiger partial charge in [0, 0.05) is 18.7 Å². The van der Waals surface area contributed by atoms with E-state index in [4.69, 9.17) is 10.8 Å². The third-order valence-electron chi connectivity index (χ3n) is 1.53. The van der Waals surface area contributed by atoms with Gasteiger partial charge in [0.1, 0.15) is 0 Å². The van der Waals surface area contributed by atoms with E-state index in [0.29, 0.717) is 5.69 Å². The number of nitrogens with one attached hydrogen (secondary N) is 1. The zero-order valence-corrected chi connectivity index (χ0v) is 7.98. The topological polar surface area (TPSA) is 102 Å². The molecule has 1 aromatic rings. The largest absolute Gasteiger partial charge is 0.511 e. The number of nitrogens with two attached hydrogens (primary N) is 1. The maximum Gasteiger partial charge on any atom is 0.511 e. The highest BCUT2D eigenvalue weighted by atomic mass is 16.7. The number of amides is 1. The van der Waals surface area contributed by atoms with Gasteiger partial charge in [-0.1, -0.05) is 0 Å². The molecular weight excluding hydrogens is 200 g/mol. The van der Waals surface area contributed by atoms with E-state index in [1.54, 1.807) is 6.07 Å². The molecule has 0 aliphatic rings. The molecule has 80 valence electrons. The summed E-state index contributed by atoms with van der Waals surface area (Å²) in [6, 6.07) is 4.33. The SMILES string of the molecule is CC(=O)Nc1ccc(N)c(OC(=O)O)c1. The van der Waals surface area contributed by atoms with Crippen molar-refractivity contribution >= 4 is 23.4 Å². The molecule has 15 heavy (non-hydrogen) atoms. The monoisotopic (exact) mass is 210 g/mol. The lowest BCUT2D eigenvalue weighted by Gasteiger charge is -2.07. The molecule has 0 fully saturated rings. The van der Waals surface area contributed by atoms with E-state index < -0.39 is 6.16 Å². The highest BCUT2D eigenvalue weighted by Gasteiger charge is 2.07. The summed E-state index contributed by atoms with van der Waals surface area (Å²) in [7, 11) is 0. The average molecular weight is 210 g/mol. The molecule has 0 unspecified atom stereocenters. The highest BCUT2D eigenvalue weighted by molar-refractivity contribution is 5.89. The maximum atomic E-state index is 10.7. The summed E-state index contributed by atoms with van der Waals surface area (Å²) >= 11 is 0. The Morgan fingerprint density at radius 1 is 1.47 bits per heavy atom. The number of ether oxygens (including phenoxy) is 1. The van der Waals surface area contributed by atoms with Crippen molar-refractivity contribution in [2.24, 2.45) is 0 Å². The standard InChI is InChI=1S/C9H10N2O4/c1-5(12)11-6-2-3-7(10)8(4-6)15-9(13)14/h2-4H,10H2,1H3,(H,11,12)(H,13,14). The molecule has 0 saturated heterocycles. The van der Waals surface area contributed by atoms with E-state index >= 15 is 0 Å². The van der Waals surface area contributed by atoms with Crippen LogP contribution in [0, 0.1) is 0 Å². The Labute approximate surface area is 85.6 Å². The van der Waals surface area contributed by atoms with Crippen molar-refractivity contribution in [3.8, 4) is 5.75 Å². The molecular formula is C9H10N2O4. The minimum Gasteiger partial charge on any atom is -0.449 e. The van der Waals surface area contributed by atoms with Crippen LogP contribution in [0.5, 0.6) is 5.75 Å². The van der Waals surface area contributed by atoms with Gasteiger partial charge in [0.25, 0.3) is 0 Å². The molecule has 6 nitrogen and oxygen atoms in total. The number of anilines is 2. The van der Waals surface area contributed by atoms with Gasteiger partial charge < -0.3 is 20.9 Å². The van der Waals surface area contributed by atoms with Crippen molar-refractivity contribution in [1.82, 2.24) is 0 Å². The first-order chi connectivity index (χ1) is 6.99. The number of benzene rings is 1. The van der Waals surface area contributed by atoms with Crippen LogP contribution in [0.3, 0.4) is 0 Å². The number of nitrogen functional groups attached to an aromatic ring is 1. The number of rotatable bonds is 2. The van der Waals surface area contributed by atoms with Gasteiger partial charge in [-0.25, -0.2) is 4.79 Å². The van der Waals surface area contributed by atoms with Gasteiger partial charge in [0.05, 0.1) is 5.69 Å². The highest BCUT2D eigenvalue weighted by Crippen LogP contribution is 2.25. The fraction of sp³-hybridized carbons (Fsp3) is 0.111. The number of carboxylic acid groups (broad SMARTS) is 1. The first-order valence-electron chi connectivity index (χ1n) is 4.07. The van der Waals surface area contributed by atoms with Crippen molar-refractivity contribution in [3.05, 3.63) is 18.2 Å². The van der Waals surface area contributed by atoms with Gasteiger partial charge in [0.15, 0.2) is 5.75 Å². The van der Waals surface area contributed by atoms with Gasteiger partial charge in [0.2, 0.25) is 5.91 Å². The average Bonchev–Trinajstić information content (AvgIpc) is 2.09. The molecule has 1 aromatic carbocycles. The molecule has 0 spiro atoms. The zero-order valence-electron chi connectivity index (χ0n) is 7.98. The lowest BCUT2D eigenvalue weighted by Crippen LogP contribution is -2.08. The molecule has 0 radical (unpaired) electrons. The second kappa shape index (κ2) is 4.32. The van der Waals surface area contributed by atoms with Crippen LogP contribution in [0.4, 0.5) is 16.2 Å². The summed E-state index contributed by atoms with van der Waals surface area (Å²) in [5, 5.41) is 10.9. The summed E-state index contributed by atoms with van der Waals surface area (Å²) in [6.45, 7) is 1.34. The Bertz CT molecular complexity index is 403. The summed E-state index contributed by atoms with van der Waals surface area (Å²) in [5.74, 6) is -0.269. The van der Waals surface area contributed by atoms with Crippen LogP contribution in [0.1, 0.15) is 6.92 Å². The van der Waals surface area contributed by atoms with Crippen LogP contribution >= 0.6 is 0 Å². The van der Waals surface area contributed by atoms with Crippen LogP contribution in [0.15, 0.2) is 18.2 Å². The molecule has 4 N–H and O–H groups in total. The molecule has 1 rings (SSSR count). The number of carbonyl (C=O) groups is 2. The Kier molecular flexibility index (Phi) is 3.12. The van der Waals surface area contributed by atoms with Crippen LogP contribution in [-0.2, 0) is 4.79 Å². The predicted molar refractivity (Wildman–Crippen MR) is 53.8 cm³/mol. The van der Waals surface area contributed by atoms with Crippen molar-refractivity contribution < 1.29 is 19.4 Å². The molecule has 6 heteroatoms. The third-order valence-corrected chi connectivity index (χ3v) is 1.53. The molecule has 0 atom stereocenters. The molecule has 0 aromatic heterocycles. The van der Waals surface area contributed by atoms with Gasteiger partial charge in [-0.05, 0) is 12.1 Å². The Balaban J connectivity index is 2.94. The summed E-state index contributed by atoms with van der Waals surface area (Å²) in [5.41, 5.74) is 6.08. The molecule has 0 heterocycles. The summed E-state index contributed by atoms with van der Waals surface area (Å²) in [4.78, 5) is 21.0. The summed E-state index contributed by atoms with van der Waals surface area (Å²) in [6.07, 6.45) is -1.46. The molecule has 1 amide bonds. The van der Waals surface area contributed by atoms with E-state index in [1.807, 2.05) is 0 Å². The van der Waals surface area contributed by atoms with Crippen LogP contribution in [0.25, 0.3) is 0 Å². The number of carbonyl (C=O) groups excluding carboxylic acids is 1. The van der Waals surface area contributed by atoms with Crippen molar-refractivity contribution in [2.75, 3.05) is 11.1 Å². The second-order valence-electron chi connectivity index (χ2n) is 2.80. The molecule has 0 aliphatic carbocycles. The van der Waals surface area contributed by atoms with E-state index in [2.05, 4.69) is 10.1 Å². The first-order valence-corrected chi connectivity index (χ1v) is 4.07. The zero-order chi connectivity index (χ0) is 11.4. The second-order valence-corrected chi connectivity index (χ2v) is 2.80.